The minimum absolute atomic E-state index is 0.645. The summed E-state index contributed by atoms with van der Waals surface area (Å²) >= 11 is 9.50. The van der Waals surface area contributed by atoms with Gasteiger partial charge in [-0.1, -0.05) is 11.6 Å². The minimum atomic E-state index is 0.645. The molecule has 0 saturated carbocycles. The SMILES string of the molecule is COc1ccc(-n2c(C)ccc2C=Nc2ccc(Br)c(Cl)c2)cc1. The lowest BCUT2D eigenvalue weighted by Gasteiger charge is -2.10. The van der Waals surface area contributed by atoms with Crippen LogP contribution in [0.2, 0.25) is 5.02 Å². The molecule has 24 heavy (non-hydrogen) atoms. The number of aromatic nitrogens is 1. The molecular weight excluding hydrogens is 388 g/mol. The topological polar surface area (TPSA) is 26.5 Å². The Morgan fingerprint density at radius 1 is 1.08 bits per heavy atom. The Kier molecular flexibility index (Phi) is 5.07. The van der Waals surface area contributed by atoms with Crippen molar-refractivity contribution < 1.29 is 4.74 Å². The van der Waals surface area contributed by atoms with Crippen molar-refractivity contribution in [2.24, 2.45) is 4.99 Å². The number of hydrogen-bond donors (Lipinski definition) is 0. The van der Waals surface area contributed by atoms with Crippen molar-refractivity contribution in [2.75, 3.05) is 7.11 Å². The van der Waals surface area contributed by atoms with E-state index >= 15 is 0 Å². The number of halogens is 2. The van der Waals surface area contributed by atoms with Crippen molar-refractivity contribution in [1.82, 2.24) is 4.57 Å². The number of hydrogen-bond acceptors (Lipinski definition) is 2. The van der Waals surface area contributed by atoms with E-state index in [2.05, 4.69) is 38.5 Å². The second-order valence-corrected chi connectivity index (χ2v) is 6.55. The zero-order chi connectivity index (χ0) is 17.1. The highest BCUT2D eigenvalue weighted by Crippen LogP contribution is 2.27. The molecule has 0 spiro atoms. The monoisotopic (exact) mass is 402 g/mol. The number of rotatable bonds is 4. The summed E-state index contributed by atoms with van der Waals surface area (Å²) < 4.78 is 8.23. The third-order valence-corrected chi connectivity index (χ3v) is 4.92. The van der Waals surface area contributed by atoms with E-state index in [0.717, 1.165) is 33.0 Å². The molecule has 0 aliphatic heterocycles. The van der Waals surface area contributed by atoms with Crippen molar-refractivity contribution in [3.8, 4) is 11.4 Å². The van der Waals surface area contributed by atoms with Gasteiger partial charge in [-0.15, -0.1) is 0 Å². The second kappa shape index (κ2) is 7.24. The van der Waals surface area contributed by atoms with Gasteiger partial charge in [-0.25, -0.2) is 0 Å². The maximum Gasteiger partial charge on any atom is 0.119 e. The standard InChI is InChI=1S/C19H16BrClN2O/c1-13-3-5-16(12-22-14-4-10-18(20)19(21)11-14)23(13)15-6-8-17(24-2)9-7-15/h3-12H,1-2H3. The van der Waals surface area contributed by atoms with Crippen molar-refractivity contribution in [3.63, 3.8) is 0 Å². The molecule has 0 radical (unpaired) electrons. The molecule has 1 aromatic heterocycles. The van der Waals surface area contributed by atoms with E-state index in [1.165, 1.54) is 0 Å². The van der Waals surface area contributed by atoms with Crippen molar-refractivity contribution >= 4 is 39.4 Å². The average Bonchev–Trinajstić information content (AvgIpc) is 2.97. The minimum Gasteiger partial charge on any atom is -0.497 e. The predicted molar refractivity (Wildman–Crippen MR) is 103 cm³/mol. The highest BCUT2D eigenvalue weighted by atomic mass is 79.9. The summed E-state index contributed by atoms with van der Waals surface area (Å²) in [5, 5.41) is 0.645. The maximum atomic E-state index is 6.12. The van der Waals surface area contributed by atoms with Gasteiger partial charge in [0, 0.05) is 15.9 Å². The molecular formula is C19H16BrClN2O. The molecule has 0 bridgehead atoms. The Bertz CT molecular complexity index is 885. The van der Waals surface area contributed by atoms with Crippen LogP contribution in [-0.4, -0.2) is 17.9 Å². The summed E-state index contributed by atoms with van der Waals surface area (Å²) in [6.45, 7) is 2.07. The molecule has 2 aromatic carbocycles. The fraction of sp³-hybridized carbons (Fsp3) is 0.105. The quantitative estimate of drug-likeness (QED) is 0.494. The van der Waals surface area contributed by atoms with Gasteiger partial charge in [0.05, 0.1) is 29.7 Å². The Balaban J connectivity index is 1.94. The van der Waals surface area contributed by atoms with E-state index in [-0.39, 0.29) is 0 Å². The van der Waals surface area contributed by atoms with E-state index in [1.54, 1.807) is 7.11 Å². The largest absolute Gasteiger partial charge is 0.497 e. The Labute approximate surface area is 154 Å². The van der Waals surface area contributed by atoms with Crippen molar-refractivity contribution in [2.45, 2.75) is 6.92 Å². The fourth-order valence-electron chi connectivity index (χ4n) is 2.45. The van der Waals surface area contributed by atoms with Crippen LogP contribution in [0.15, 0.2) is 64.1 Å². The molecule has 0 atom stereocenters. The molecule has 0 N–H and O–H groups in total. The summed E-state index contributed by atoms with van der Waals surface area (Å²) in [5.41, 5.74) is 4.00. The highest BCUT2D eigenvalue weighted by Gasteiger charge is 2.06. The van der Waals surface area contributed by atoms with Gasteiger partial charge in [-0.3, -0.25) is 4.99 Å². The highest BCUT2D eigenvalue weighted by molar-refractivity contribution is 9.10. The molecule has 0 unspecified atom stereocenters. The molecule has 0 aliphatic carbocycles. The van der Waals surface area contributed by atoms with Crippen LogP contribution < -0.4 is 4.74 Å². The Morgan fingerprint density at radius 3 is 2.50 bits per heavy atom. The van der Waals surface area contributed by atoms with Gasteiger partial charge in [0.2, 0.25) is 0 Å². The first kappa shape index (κ1) is 16.8. The average molecular weight is 404 g/mol. The lowest BCUT2D eigenvalue weighted by atomic mass is 10.3. The van der Waals surface area contributed by atoms with Crippen LogP contribution in [0, 0.1) is 6.92 Å². The second-order valence-electron chi connectivity index (χ2n) is 5.29. The summed E-state index contributed by atoms with van der Waals surface area (Å²) in [4.78, 5) is 4.54. The lowest BCUT2D eigenvalue weighted by Crippen LogP contribution is -2.01. The third-order valence-electron chi connectivity index (χ3n) is 3.69. The first-order valence-electron chi connectivity index (χ1n) is 7.40. The normalized spacial score (nSPS) is 11.2. The lowest BCUT2D eigenvalue weighted by molar-refractivity contribution is 0.414. The van der Waals surface area contributed by atoms with Gasteiger partial charge >= 0.3 is 0 Å². The molecule has 5 heteroatoms. The predicted octanol–water partition coefficient (Wildman–Crippen LogP) is 5.96. The van der Waals surface area contributed by atoms with Crippen LogP contribution in [-0.2, 0) is 0 Å². The zero-order valence-corrected chi connectivity index (χ0v) is 15.7. The summed E-state index contributed by atoms with van der Waals surface area (Å²) in [5.74, 6) is 0.836. The Hall–Kier alpha value is -2.04. The van der Waals surface area contributed by atoms with Gasteiger partial charge in [0.15, 0.2) is 0 Å². The summed E-state index contributed by atoms with van der Waals surface area (Å²) in [7, 11) is 1.66. The first-order chi connectivity index (χ1) is 11.6. The van der Waals surface area contributed by atoms with E-state index in [4.69, 9.17) is 16.3 Å². The van der Waals surface area contributed by atoms with E-state index in [0.29, 0.717) is 5.02 Å². The van der Waals surface area contributed by atoms with Crippen LogP contribution in [0.25, 0.3) is 5.69 Å². The molecule has 0 fully saturated rings. The molecule has 3 rings (SSSR count). The maximum absolute atomic E-state index is 6.12. The van der Waals surface area contributed by atoms with E-state index < -0.39 is 0 Å². The number of nitrogens with zero attached hydrogens (tertiary/aromatic N) is 2. The molecule has 0 amide bonds. The van der Waals surface area contributed by atoms with E-state index in [1.807, 2.05) is 54.7 Å². The van der Waals surface area contributed by atoms with Crippen LogP contribution in [0.3, 0.4) is 0 Å². The Morgan fingerprint density at radius 2 is 1.83 bits per heavy atom. The van der Waals surface area contributed by atoms with Crippen molar-refractivity contribution in [3.05, 3.63) is 75.5 Å². The van der Waals surface area contributed by atoms with Gasteiger partial charge < -0.3 is 9.30 Å². The van der Waals surface area contributed by atoms with Gasteiger partial charge in [0.25, 0.3) is 0 Å². The third kappa shape index (κ3) is 3.55. The van der Waals surface area contributed by atoms with Crippen molar-refractivity contribution in [1.29, 1.82) is 0 Å². The summed E-state index contributed by atoms with van der Waals surface area (Å²) in [6, 6.07) is 17.7. The number of ether oxygens (including phenoxy) is 1. The van der Waals surface area contributed by atoms with Gasteiger partial charge in [-0.2, -0.15) is 0 Å². The molecule has 3 aromatic rings. The fourth-order valence-corrected chi connectivity index (χ4v) is 2.87. The molecule has 3 nitrogen and oxygen atoms in total. The molecule has 0 saturated heterocycles. The van der Waals surface area contributed by atoms with E-state index in [9.17, 15) is 0 Å². The smallest absolute Gasteiger partial charge is 0.119 e. The first-order valence-corrected chi connectivity index (χ1v) is 8.57. The van der Waals surface area contributed by atoms with Crippen LogP contribution >= 0.6 is 27.5 Å². The summed E-state index contributed by atoms with van der Waals surface area (Å²) in [6.07, 6.45) is 1.84. The molecule has 0 aliphatic rings. The van der Waals surface area contributed by atoms with Crippen LogP contribution in [0.4, 0.5) is 5.69 Å². The molecule has 122 valence electrons. The van der Waals surface area contributed by atoms with Gasteiger partial charge in [-0.05, 0) is 77.5 Å². The number of aryl methyl sites for hydroxylation is 1. The number of methoxy groups -OCH3 is 1. The molecule has 1 heterocycles. The number of benzene rings is 2. The van der Waals surface area contributed by atoms with Crippen LogP contribution in [0.1, 0.15) is 11.4 Å². The van der Waals surface area contributed by atoms with Gasteiger partial charge in [0.1, 0.15) is 5.75 Å². The number of aliphatic imine (C=N–C) groups is 1. The zero-order valence-electron chi connectivity index (χ0n) is 13.3. The van der Waals surface area contributed by atoms with Crippen LogP contribution in [0.5, 0.6) is 5.75 Å².